The number of para-hydroxylation sites is 2. The van der Waals surface area contributed by atoms with E-state index in [1.807, 2.05) is 0 Å². The number of nitrogens with zero attached hydrogens (tertiary/aromatic N) is 1. The van der Waals surface area contributed by atoms with Crippen LogP contribution in [0.25, 0.3) is 16.8 Å². The Morgan fingerprint density at radius 3 is 2.53 bits per heavy atom. The lowest BCUT2D eigenvalue weighted by molar-refractivity contribution is 0.0526. The maximum absolute atomic E-state index is 13.1. The molecule has 1 amide bonds. The normalized spacial score (nSPS) is 10.9. The van der Waals surface area contributed by atoms with Crippen LogP contribution in [0.1, 0.15) is 27.6 Å². The summed E-state index contributed by atoms with van der Waals surface area (Å²) in [6.07, 6.45) is 0. The van der Waals surface area contributed by atoms with E-state index in [1.54, 1.807) is 55.5 Å². The number of methoxy groups -OCH3 is 1. The van der Waals surface area contributed by atoms with Crippen LogP contribution in [0.5, 0.6) is 5.75 Å². The van der Waals surface area contributed by atoms with Crippen LogP contribution in [-0.2, 0) is 4.74 Å². The van der Waals surface area contributed by atoms with Crippen LogP contribution < -0.4 is 15.6 Å². The molecule has 2 heterocycles. The van der Waals surface area contributed by atoms with E-state index in [2.05, 4.69) is 5.32 Å². The van der Waals surface area contributed by atoms with Gasteiger partial charge in [-0.25, -0.2) is 9.20 Å². The van der Waals surface area contributed by atoms with E-state index in [0.29, 0.717) is 22.4 Å². The highest BCUT2D eigenvalue weighted by Gasteiger charge is 2.22. The van der Waals surface area contributed by atoms with Crippen LogP contribution in [-0.4, -0.2) is 30.0 Å². The van der Waals surface area contributed by atoms with Crippen LogP contribution in [0, 0.1) is 0 Å². The molecule has 2 aromatic carbocycles. The maximum Gasteiger partial charge on any atom is 0.343 e. The Balaban J connectivity index is 1.85. The molecule has 0 radical (unpaired) electrons. The van der Waals surface area contributed by atoms with E-state index in [4.69, 9.17) is 13.9 Å². The summed E-state index contributed by atoms with van der Waals surface area (Å²) >= 11 is 0. The van der Waals surface area contributed by atoms with Crippen LogP contribution in [0.15, 0.2) is 63.8 Å². The number of nitrogens with one attached hydrogen (secondary N) is 1. The molecule has 8 nitrogen and oxygen atoms in total. The third-order valence-electron chi connectivity index (χ3n) is 4.56. The number of benzene rings is 2. The Morgan fingerprint density at radius 1 is 1.10 bits per heavy atom. The maximum atomic E-state index is 13.1. The summed E-state index contributed by atoms with van der Waals surface area (Å²) in [6, 6.07) is 14.6. The average Bonchev–Trinajstić information content (AvgIpc) is 3.15. The Morgan fingerprint density at radius 2 is 1.83 bits per heavy atom. The number of aromatic nitrogens is 1. The molecule has 0 saturated heterocycles. The molecule has 0 unspecified atom stereocenters. The van der Waals surface area contributed by atoms with Gasteiger partial charge >= 0.3 is 5.97 Å². The van der Waals surface area contributed by atoms with Gasteiger partial charge in [0.05, 0.1) is 19.2 Å². The summed E-state index contributed by atoms with van der Waals surface area (Å²) in [4.78, 5) is 38.3. The summed E-state index contributed by atoms with van der Waals surface area (Å²) in [6.45, 7) is 1.83. The summed E-state index contributed by atoms with van der Waals surface area (Å²) in [5.74, 6) is -0.561. The van der Waals surface area contributed by atoms with Gasteiger partial charge in [-0.15, -0.1) is 0 Å². The number of rotatable bonds is 5. The molecule has 8 heteroatoms. The third kappa shape index (κ3) is 3.28. The molecular weight excluding hydrogens is 388 g/mol. The monoisotopic (exact) mass is 406 g/mol. The van der Waals surface area contributed by atoms with Gasteiger partial charge in [0.2, 0.25) is 5.71 Å². The predicted molar refractivity (Wildman–Crippen MR) is 110 cm³/mol. The van der Waals surface area contributed by atoms with Gasteiger partial charge < -0.3 is 19.2 Å². The van der Waals surface area contributed by atoms with Gasteiger partial charge in [0.25, 0.3) is 11.5 Å². The van der Waals surface area contributed by atoms with Gasteiger partial charge in [0.1, 0.15) is 17.0 Å². The zero-order valence-electron chi connectivity index (χ0n) is 16.3. The third-order valence-corrected chi connectivity index (χ3v) is 4.56. The fourth-order valence-corrected chi connectivity index (χ4v) is 3.13. The van der Waals surface area contributed by atoms with Crippen LogP contribution in [0.3, 0.4) is 0 Å². The zero-order valence-corrected chi connectivity index (χ0v) is 16.3. The highest BCUT2D eigenvalue weighted by Crippen LogP contribution is 2.24. The lowest BCUT2D eigenvalue weighted by atomic mass is 10.2. The number of oxazole rings is 1. The van der Waals surface area contributed by atoms with E-state index >= 15 is 0 Å². The van der Waals surface area contributed by atoms with Crippen molar-refractivity contribution in [1.82, 2.24) is 4.40 Å². The van der Waals surface area contributed by atoms with Crippen LogP contribution in [0.4, 0.5) is 5.69 Å². The molecule has 0 spiro atoms. The van der Waals surface area contributed by atoms with Gasteiger partial charge in [-0.1, -0.05) is 12.1 Å². The fraction of sp³-hybridized carbons (Fsp3) is 0.136. The number of hydrogen-bond donors (Lipinski definition) is 1. The molecule has 0 aliphatic rings. The van der Waals surface area contributed by atoms with Crippen molar-refractivity contribution in [3.63, 3.8) is 0 Å². The van der Waals surface area contributed by atoms with Crippen molar-refractivity contribution >= 4 is 34.4 Å². The quantitative estimate of drug-likeness (QED) is 0.510. The van der Waals surface area contributed by atoms with Crippen molar-refractivity contribution in [2.45, 2.75) is 6.92 Å². The lowest BCUT2D eigenvalue weighted by Crippen LogP contribution is -2.24. The first-order valence-corrected chi connectivity index (χ1v) is 9.23. The minimum absolute atomic E-state index is 0.0395. The smallest absolute Gasteiger partial charge is 0.343 e. The zero-order chi connectivity index (χ0) is 21.3. The fourth-order valence-electron chi connectivity index (χ4n) is 3.13. The standard InChI is InChI=1S/C22H18N2O6/c1-3-29-22(27)15-12-16(23-19(25)13-8-10-14(28-2)11-9-13)20(26)24-17-6-4-5-7-18(17)30-21(15)24/h4-12H,3H2,1-2H3,(H,23,25). The second kappa shape index (κ2) is 7.75. The lowest BCUT2D eigenvalue weighted by Gasteiger charge is -2.09. The number of esters is 1. The van der Waals surface area contributed by atoms with Crippen molar-refractivity contribution in [1.29, 1.82) is 0 Å². The van der Waals surface area contributed by atoms with Gasteiger partial charge in [0.15, 0.2) is 5.58 Å². The number of ether oxygens (including phenoxy) is 2. The van der Waals surface area contributed by atoms with E-state index in [9.17, 15) is 14.4 Å². The van der Waals surface area contributed by atoms with Crippen molar-refractivity contribution in [2.24, 2.45) is 0 Å². The molecule has 0 aliphatic carbocycles. The van der Waals surface area contributed by atoms with Crippen molar-refractivity contribution in [2.75, 3.05) is 19.0 Å². The highest BCUT2D eigenvalue weighted by atomic mass is 16.5. The number of hydrogen-bond acceptors (Lipinski definition) is 6. The topological polar surface area (TPSA) is 99.2 Å². The minimum atomic E-state index is -0.658. The molecule has 0 fully saturated rings. The van der Waals surface area contributed by atoms with Gasteiger partial charge in [-0.3, -0.25) is 9.59 Å². The average molecular weight is 406 g/mol. The summed E-state index contributed by atoms with van der Waals surface area (Å²) in [7, 11) is 1.53. The van der Waals surface area contributed by atoms with Crippen molar-refractivity contribution in [3.8, 4) is 5.75 Å². The van der Waals surface area contributed by atoms with E-state index in [0.717, 1.165) is 0 Å². The number of pyridine rings is 1. The molecule has 0 atom stereocenters. The second-order valence-electron chi connectivity index (χ2n) is 6.39. The van der Waals surface area contributed by atoms with Gasteiger partial charge in [-0.2, -0.15) is 0 Å². The number of amides is 1. The molecule has 0 bridgehead atoms. The van der Waals surface area contributed by atoms with E-state index < -0.39 is 17.4 Å². The van der Waals surface area contributed by atoms with Gasteiger partial charge in [0, 0.05) is 5.56 Å². The summed E-state index contributed by atoms with van der Waals surface area (Å²) in [5.41, 5.74) is 0.741. The van der Waals surface area contributed by atoms with E-state index in [-0.39, 0.29) is 23.6 Å². The Hall–Kier alpha value is -4.07. The van der Waals surface area contributed by atoms with Crippen LogP contribution >= 0.6 is 0 Å². The largest absolute Gasteiger partial charge is 0.497 e. The summed E-state index contributed by atoms with van der Waals surface area (Å²) in [5, 5.41) is 2.59. The first-order chi connectivity index (χ1) is 14.5. The second-order valence-corrected chi connectivity index (χ2v) is 6.39. The number of fused-ring (bicyclic) bond motifs is 3. The Labute approximate surface area is 170 Å². The molecular formula is C22H18N2O6. The molecule has 4 aromatic rings. The molecule has 2 aromatic heterocycles. The Kier molecular flexibility index (Phi) is 4.97. The van der Waals surface area contributed by atoms with Crippen molar-refractivity contribution in [3.05, 3.63) is 76.1 Å². The predicted octanol–water partition coefficient (Wildman–Crippen LogP) is 3.48. The first kappa shape index (κ1) is 19.3. The number of anilines is 1. The van der Waals surface area contributed by atoms with Crippen molar-refractivity contribution < 1.29 is 23.5 Å². The molecule has 0 aliphatic heterocycles. The SMILES string of the molecule is CCOC(=O)c1cc(NC(=O)c2ccc(OC)cc2)c(=O)n2c1oc1ccccc12. The molecule has 30 heavy (non-hydrogen) atoms. The Bertz CT molecular complexity index is 1320. The molecule has 1 N–H and O–H groups in total. The molecule has 152 valence electrons. The number of carbonyl (C=O) groups excluding carboxylic acids is 2. The minimum Gasteiger partial charge on any atom is -0.497 e. The van der Waals surface area contributed by atoms with E-state index in [1.165, 1.54) is 17.6 Å². The molecule has 0 saturated carbocycles. The summed E-state index contributed by atoms with van der Waals surface area (Å²) < 4.78 is 17.2. The number of carbonyl (C=O) groups is 2. The highest BCUT2D eigenvalue weighted by molar-refractivity contribution is 6.05. The molecule has 4 rings (SSSR count). The first-order valence-electron chi connectivity index (χ1n) is 9.23. The van der Waals surface area contributed by atoms with Gasteiger partial charge in [-0.05, 0) is 49.4 Å². The van der Waals surface area contributed by atoms with Crippen LogP contribution in [0.2, 0.25) is 0 Å².